The van der Waals surface area contributed by atoms with Gasteiger partial charge in [0.15, 0.2) is 0 Å². The monoisotopic (exact) mass is 263 g/mol. The summed E-state index contributed by atoms with van der Waals surface area (Å²) >= 11 is 0. The lowest BCUT2D eigenvalue weighted by Gasteiger charge is -2.11. The van der Waals surface area contributed by atoms with E-state index in [4.69, 9.17) is 9.47 Å². The molecule has 3 nitrogen and oxygen atoms in total. The normalized spacial score (nSPS) is 14.8. The van der Waals surface area contributed by atoms with Gasteiger partial charge >= 0.3 is 0 Å². The molecule has 0 amide bonds. The van der Waals surface area contributed by atoms with Gasteiger partial charge in [0.2, 0.25) is 0 Å². The van der Waals surface area contributed by atoms with E-state index >= 15 is 0 Å². The lowest BCUT2D eigenvalue weighted by Crippen LogP contribution is -2.16. The highest BCUT2D eigenvalue weighted by molar-refractivity contribution is 5.26. The molecule has 0 aliphatic heterocycles. The molecule has 0 radical (unpaired) electrons. The van der Waals surface area contributed by atoms with Crippen LogP contribution in [0.4, 0.5) is 0 Å². The first-order valence-electron chi connectivity index (χ1n) is 7.35. The molecule has 1 N–H and O–H groups in total. The predicted molar refractivity (Wildman–Crippen MR) is 77.1 cm³/mol. The van der Waals surface area contributed by atoms with Gasteiger partial charge in [-0.05, 0) is 30.4 Å². The van der Waals surface area contributed by atoms with Crippen molar-refractivity contribution in [2.45, 2.75) is 45.4 Å². The van der Waals surface area contributed by atoms with Gasteiger partial charge < -0.3 is 14.8 Å². The molecular formula is C16H25NO2. The molecule has 0 spiro atoms. The summed E-state index contributed by atoms with van der Waals surface area (Å²) in [5.74, 6) is 0. The standard InChI is InChI=1S/C16H25NO2/c1-2-9-18-10-11-19-13-15-6-4-3-5-14(15)12-17-16-7-8-16/h3-6,16-17H,2,7-13H2,1H3. The number of hydrogen-bond donors (Lipinski definition) is 1. The SMILES string of the molecule is CCCOCCOCc1ccccc1CNC1CC1. The van der Waals surface area contributed by atoms with Crippen LogP contribution in [-0.4, -0.2) is 25.9 Å². The Kier molecular flexibility index (Phi) is 6.34. The van der Waals surface area contributed by atoms with Gasteiger partial charge in [0.25, 0.3) is 0 Å². The van der Waals surface area contributed by atoms with Crippen LogP contribution in [0.3, 0.4) is 0 Å². The van der Waals surface area contributed by atoms with Gasteiger partial charge in [-0.1, -0.05) is 31.2 Å². The van der Waals surface area contributed by atoms with Gasteiger partial charge in [0.05, 0.1) is 19.8 Å². The molecule has 1 fully saturated rings. The van der Waals surface area contributed by atoms with E-state index in [2.05, 4.69) is 36.5 Å². The molecule has 3 heteroatoms. The molecule has 2 rings (SSSR count). The zero-order valence-corrected chi connectivity index (χ0v) is 11.9. The van der Waals surface area contributed by atoms with Crippen molar-refractivity contribution in [2.24, 2.45) is 0 Å². The average Bonchev–Trinajstić information content (AvgIpc) is 3.25. The zero-order valence-electron chi connectivity index (χ0n) is 11.9. The van der Waals surface area contributed by atoms with E-state index in [0.717, 1.165) is 25.6 Å². The van der Waals surface area contributed by atoms with Crippen LogP contribution in [0, 0.1) is 0 Å². The van der Waals surface area contributed by atoms with Crippen LogP contribution in [-0.2, 0) is 22.6 Å². The van der Waals surface area contributed by atoms with Crippen LogP contribution in [0.1, 0.15) is 37.3 Å². The summed E-state index contributed by atoms with van der Waals surface area (Å²) in [7, 11) is 0. The molecule has 0 atom stereocenters. The minimum Gasteiger partial charge on any atom is -0.379 e. The molecule has 0 unspecified atom stereocenters. The molecule has 106 valence electrons. The minimum atomic E-state index is 0.671. The third-order valence-electron chi connectivity index (χ3n) is 3.25. The Balaban J connectivity index is 1.68. The molecule has 0 aromatic heterocycles. The molecule has 0 heterocycles. The first-order chi connectivity index (χ1) is 9.40. The third-order valence-corrected chi connectivity index (χ3v) is 3.25. The van der Waals surface area contributed by atoms with E-state index in [1.807, 2.05) is 0 Å². The van der Waals surface area contributed by atoms with Gasteiger partial charge in [-0.2, -0.15) is 0 Å². The minimum absolute atomic E-state index is 0.671. The second kappa shape index (κ2) is 8.31. The maximum absolute atomic E-state index is 5.68. The maximum atomic E-state index is 5.68. The second-order valence-corrected chi connectivity index (χ2v) is 5.09. The smallest absolute Gasteiger partial charge is 0.0721 e. The van der Waals surface area contributed by atoms with Gasteiger partial charge in [-0.15, -0.1) is 0 Å². The number of rotatable bonds is 10. The van der Waals surface area contributed by atoms with Crippen LogP contribution in [0.5, 0.6) is 0 Å². The largest absolute Gasteiger partial charge is 0.379 e. The Bertz CT molecular complexity index is 364. The lowest BCUT2D eigenvalue weighted by atomic mass is 10.1. The first-order valence-corrected chi connectivity index (χ1v) is 7.35. The fourth-order valence-electron chi connectivity index (χ4n) is 1.96. The van der Waals surface area contributed by atoms with E-state index in [-0.39, 0.29) is 0 Å². The molecule has 19 heavy (non-hydrogen) atoms. The number of nitrogens with one attached hydrogen (secondary N) is 1. The van der Waals surface area contributed by atoms with Crippen molar-refractivity contribution in [3.8, 4) is 0 Å². The lowest BCUT2D eigenvalue weighted by molar-refractivity contribution is 0.0406. The second-order valence-electron chi connectivity index (χ2n) is 5.09. The van der Waals surface area contributed by atoms with Gasteiger partial charge in [-0.25, -0.2) is 0 Å². The Morgan fingerprint density at radius 2 is 1.79 bits per heavy atom. The van der Waals surface area contributed by atoms with E-state index in [1.165, 1.54) is 24.0 Å². The summed E-state index contributed by atoms with van der Waals surface area (Å²) in [6.45, 7) is 5.94. The molecule has 1 aliphatic carbocycles. The number of benzene rings is 1. The Morgan fingerprint density at radius 3 is 2.53 bits per heavy atom. The van der Waals surface area contributed by atoms with Crippen molar-refractivity contribution in [1.29, 1.82) is 0 Å². The Morgan fingerprint density at radius 1 is 1.05 bits per heavy atom. The summed E-state index contributed by atoms with van der Waals surface area (Å²) in [6.07, 6.45) is 3.72. The van der Waals surface area contributed by atoms with Crippen LogP contribution >= 0.6 is 0 Å². The van der Waals surface area contributed by atoms with Gasteiger partial charge in [0.1, 0.15) is 0 Å². The maximum Gasteiger partial charge on any atom is 0.0721 e. The first kappa shape index (κ1) is 14.5. The third kappa shape index (κ3) is 5.72. The summed E-state index contributed by atoms with van der Waals surface area (Å²) < 4.78 is 11.1. The van der Waals surface area contributed by atoms with E-state index in [1.54, 1.807) is 0 Å². The van der Waals surface area contributed by atoms with Gasteiger partial charge in [0, 0.05) is 19.2 Å². The summed E-state index contributed by atoms with van der Waals surface area (Å²) in [5.41, 5.74) is 2.63. The average molecular weight is 263 g/mol. The molecule has 0 saturated heterocycles. The molecule has 1 aromatic rings. The predicted octanol–water partition coefficient (Wildman–Crippen LogP) is 2.88. The summed E-state index contributed by atoms with van der Waals surface area (Å²) in [6, 6.07) is 9.25. The topological polar surface area (TPSA) is 30.5 Å². The van der Waals surface area contributed by atoms with Crippen molar-refractivity contribution in [3.05, 3.63) is 35.4 Å². The van der Waals surface area contributed by atoms with E-state index in [9.17, 15) is 0 Å². The highest BCUT2D eigenvalue weighted by atomic mass is 16.5. The van der Waals surface area contributed by atoms with Crippen molar-refractivity contribution >= 4 is 0 Å². The number of ether oxygens (including phenoxy) is 2. The molecule has 0 bridgehead atoms. The van der Waals surface area contributed by atoms with Crippen LogP contribution in [0.2, 0.25) is 0 Å². The molecular weight excluding hydrogens is 238 g/mol. The number of hydrogen-bond acceptors (Lipinski definition) is 3. The van der Waals surface area contributed by atoms with Crippen molar-refractivity contribution in [3.63, 3.8) is 0 Å². The quantitative estimate of drug-likeness (QED) is 0.658. The Labute approximate surface area is 116 Å². The summed E-state index contributed by atoms with van der Waals surface area (Å²) in [4.78, 5) is 0. The van der Waals surface area contributed by atoms with E-state index < -0.39 is 0 Å². The van der Waals surface area contributed by atoms with Gasteiger partial charge in [-0.3, -0.25) is 0 Å². The highest BCUT2D eigenvalue weighted by Gasteiger charge is 2.20. The highest BCUT2D eigenvalue weighted by Crippen LogP contribution is 2.20. The zero-order chi connectivity index (χ0) is 13.3. The van der Waals surface area contributed by atoms with Crippen LogP contribution in [0.25, 0.3) is 0 Å². The molecule has 1 aliphatic rings. The molecule has 1 aromatic carbocycles. The van der Waals surface area contributed by atoms with Crippen molar-refractivity contribution in [2.75, 3.05) is 19.8 Å². The van der Waals surface area contributed by atoms with Crippen LogP contribution in [0.15, 0.2) is 24.3 Å². The fourth-order valence-corrected chi connectivity index (χ4v) is 1.96. The Hall–Kier alpha value is -0.900. The fraction of sp³-hybridized carbons (Fsp3) is 0.625. The van der Waals surface area contributed by atoms with Crippen molar-refractivity contribution < 1.29 is 9.47 Å². The van der Waals surface area contributed by atoms with E-state index in [0.29, 0.717) is 19.8 Å². The van der Waals surface area contributed by atoms with Crippen LogP contribution < -0.4 is 5.32 Å². The summed E-state index contributed by atoms with van der Waals surface area (Å²) in [5, 5.41) is 3.55. The van der Waals surface area contributed by atoms with Crippen molar-refractivity contribution in [1.82, 2.24) is 5.32 Å². The molecule has 1 saturated carbocycles.